The molecule has 5 aromatic rings. The van der Waals surface area contributed by atoms with E-state index in [9.17, 15) is 4.79 Å². The van der Waals surface area contributed by atoms with Gasteiger partial charge in [-0.1, -0.05) is 90.5 Å². The highest BCUT2D eigenvalue weighted by molar-refractivity contribution is 6.32. The van der Waals surface area contributed by atoms with Crippen molar-refractivity contribution in [1.29, 1.82) is 0 Å². The van der Waals surface area contributed by atoms with Crippen molar-refractivity contribution in [3.63, 3.8) is 0 Å². The first-order chi connectivity index (χ1) is 18.6. The van der Waals surface area contributed by atoms with E-state index in [-0.39, 0.29) is 5.91 Å². The zero-order valence-corrected chi connectivity index (χ0v) is 21.2. The average Bonchev–Trinajstić information content (AvgIpc) is 3.51. The molecular formula is C33H26N4O. The molecule has 5 nitrogen and oxygen atoms in total. The summed E-state index contributed by atoms with van der Waals surface area (Å²) in [5.41, 5.74) is 8.99. The Labute approximate surface area is 222 Å². The molecule has 1 aliphatic rings. The lowest BCUT2D eigenvalue weighted by molar-refractivity contribution is -0.114. The summed E-state index contributed by atoms with van der Waals surface area (Å²) in [7, 11) is 0. The molecule has 0 spiro atoms. The molecule has 2 heterocycles. The third-order valence-electron chi connectivity index (χ3n) is 6.67. The SMILES string of the molecule is CC1=NN(c2ccc(C)cc2)C(=O)/C1=C/c1cn(-c2ccccc2)nc1-c1ccc(-c2ccccc2)cc1. The quantitative estimate of drug-likeness (QED) is 0.240. The van der Waals surface area contributed by atoms with Crippen molar-refractivity contribution in [2.45, 2.75) is 13.8 Å². The van der Waals surface area contributed by atoms with Gasteiger partial charge < -0.3 is 0 Å². The van der Waals surface area contributed by atoms with Crippen LogP contribution in [-0.2, 0) is 4.79 Å². The highest BCUT2D eigenvalue weighted by atomic mass is 16.2. The second-order valence-electron chi connectivity index (χ2n) is 9.35. The smallest absolute Gasteiger partial charge is 0.267 e. The number of hydrogen-bond acceptors (Lipinski definition) is 3. The summed E-state index contributed by atoms with van der Waals surface area (Å²) in [4.78, 5) is 13.4. The molecule has 0 saturated carbocycles. The van der Waals surface area contributed by atoms with Crippen molar-refractivity contribution in [3.8, 4) is 28.1 Å². The Balaban J connectivity index is 1.41. The van der Waals surface area contributed by atoms with Gasteiger partial charge in [0.1, 0.15) is 0 Å². The number of aryl methyl sites for hydroxylation is 1. The maximum absolute atomic E-state index is 13.4. The lowest BCUT2D eigenvalue weighted by Crippen LogP contribution is -2.21. The Morgan fingerprint density at radius 3 is 1.95 bits per heavy atom. The van der Waals surface area contributed by atoms with Crippen LogP contribution in [0.4, 0.5) is 5.69 Å². The Morgan fingerprint density at radius 2 is 1.26 bits per heavy atom. The Bertz CT molecular complexity index is 1660. The number of carbonyl (C=O) groups excluding carboxylic acids is 1. The molecule has 38 heavy (non-hydrogen) atoms. The number of aromatic nitrogens is 2. The maximum Gasteiger partial charge on any atom is 0.280 e. The predicted molar refractivity (Wildman–Crippen MR) is 154 cm³/mol. The van der Waals surface area contributed by atoms with Crippen molar-refractivity contribution in [2.75, 3.05) is 5.01 Å². The molecule has 0 bridgehead atoms. The van der Waals surface area contributed by atoms with Gasteiger partial charge in [0.15, 0.2) is 0 Å². The highest BCUT2D eigenvalue weighted by Gasteiger charge is 2.29. The van der Waals surface area contributed by atoms with Gasteiger partial charge in [-0.05, 0) is 55.3 Å². The van der Waals surface area contributed by atoms with E-state index in [1.165, 1.54) is 5.01 Å². The number of benzene rings is 4. The first-order valence-electron chi connectivity index (χ1n) is 12.6. The molecule has 0 unspecified atom stereocenters. The van der Waals surface area contributed by atoms with Gasteiger partial charge in [0, 0.05) is 17.3 Å². The predicted octanol–water partition coefficient (Wildman–Crippen LogP) is 7.32. The molecule has 0 N–H and O–H groups in total. The van der Waals surface area contributed by atoms with Gasteiger partial charge in [0.25, 0.3) is 5.91 Å². The molecule has 6 rings (SSSR count). The van der Waals surface area contributed by atoms with Crippen LogP contribution in [-0.4, -0.2) is 21.4 Å². The second-order valence-corrected chi connectivity index (χ2v) is 9.35. The van der Waals surface area contributed by atoms with Crippen LogP contribution in [0.15, 0.2) is 126 Å². The number of hydrogen-bond donors (Lipinski definition) is 0. The van der Waals surface area contributed by atoms with Crippen LogP contribution >= 0.6 is 0 Å². The lowest BCUT2D eigenvalue weighted by Gasteiger charge is -2.11. The first-order valence-corrected chi connectivity index (χ1v) is 12.6. The Kier molecular flexibility index (Phi) is 6.02. The largest absolute Gasteiger partial charge is 0.280 e. The van der Waals surface area contributed by atoms with Crippen molar-refractivity contribution in [1.82, 2.24) is 9.78 Å². The number of anilines is 1. The average molecular weight is 495 g/mol. The van der Waals surface area contributed by atoms with Gasteiger partial charge >= 0.3 is 0 Å². The lowest BCUT2D eigenvalue weighted by atomic mass is 10.0. The van der Waals surface area contributed by atoms with Crippen LogP contribution < -0.4 is 5.01 Å². The van der Waals surface area contributed by atoms with Crippen LogP contribution in [0.5, 0.6) is 0 Å². The molecule has 184 valence electrons. The summed E-state index contributed by atoms with van der Waals surface area (Å²) >= 11 is 0. The summed E-state index contributed by atoms with van der Waals surface area (Å²) in [5, 5.41) is 11.0. The van der Waals surface area contributed by atoms with E-state index in [1.807, 2.05) is 104 Å². The van der Waals surface area contributed by atoms with Crippen molar-refractivity contribution >= 4 is 23.4 Å². The summed E-state index contributed by atoms with van der Waals surface area (Å²) in [6.45, 7) is 3.89. The molecule has 0 saturated heterocycles. The van der Waals surface area contributed by atoms with Crippen LogP contribution in [0, 0.1) is 6.92 Å². The number of nitrogens with zero attached hydrogens (tertiary/aromatic N) is 4. The van der Waals surface area contributed by atoms with E-state index in [0.29, 0.717) is 11.3 Å². The standard InChI is InChI=1S/C33H26N4O/c1-23-13-19-30(20-14-23)37-33(38)31(24(2)34-37)21-28-22-36(29-11-7-4-8-12-29)35-32(28)27-17-15-26(16-18-27)25-9-5-3-6-10-25/h3-22H,1-2H3/b31-21+. The summed E-state index contributed by atoms with van der Waals surface area (Å²) < 4.78 is 1.86. The number of rotatable bonds is 5. The van der Waals surface area contributed by atoms with Crippen molar-refractivity contribution in [3.05, 3.63) is 132 Å². The monoisotopic (exact) mass is 494 g/mol. The van der Waals surface area contributed by atoms with Crippen LogP contribution in [0.25, 0.3) is 34.1 Å². The number of hydrazone groups is 1. The highest BCUT2D eigenvalue weighted by Crippen LogP contribution is 2.31. The topological polar surface area (TPSA) is 50.5 Å². The van der Waals surface area contributed by atoms with Crippen LogP contribution in [0.1, 0.15) is 18.1 Å². The van der Waals surface area contributed by atoms with E-state index in [0.717, 1.165) is 44.9 Å². The Hall–Kier alpha value is -5.03. The van der Waals surface area contributed by atoms with Crippen LogP contribution in [0.3, 0.4) is 0 Å². The molecule has 0 fully saturated rings. The minimum absolute atomic E-state index is 0.149. The number of carbonyl (C=O) groups is 1. The molecule has 1 aromatic heterocycles. The van der Waals surface area contributed by atoms with Gasteiger partial charge in [-0.25, -0.2) is 4.68 Å². The molecule has 0 atom stereocenters. The maximum atomic E-state index is 13.4. The van der Waals surface area contributed by atoms with Crippen molar-refractivity contribution < 1.29 is 4.79 Å². The molecule has 0 radical (unpaired) electrons. The molecular weight excluding hydrogens is 468 g/mol. The fourth-order valence-corrected chi connectivity index (χ4v) is 4.58. The zero-order valence-electron chi connectivity index (χ0n) is 21.2. The summed E-state index contributed by atoms with van der Waals surface area (Å²) in [6, 6.07) is 36.4. The van der Waals surface area contributed by atoms with Gasteiger partial charge in [0.2, 0.25) is 0 Å². The minimum Gasteiger partial charge on any atom is -0.267 e. The van der Waals surface area contributed by atoms with Gasteiger partial charge in [-0.15, -0.1) is 0 Å². The van der Waals surface area contributed by atoms with E-state index < -0.39 is 0 Å². The van der Waals surface area contributed by atoms with Gasteiger partial charge in [-0.2, -0.15) is 15.2 Å². The third kappa shape index (κ3) is 4.46. The van der Waals surface area contributed by atoms with Gasteiger partial charge in [-0.3, -0.25) is 4.79 Å². The minimum atomic E-state index is -0.149. The zero-order chi connectivity index (χ0) is 26.1. The van der Waals surface area contributed by atoms with E-state index >= 15 is 0 Å². The summed E-state index contributed by atoms with van der Waals surface area (Å²) in [6.07, 6.45) is 3.88. The summed E-state index contributed by atoms with van der Waals surface area (Å²) in [5.74, 6) is -0.149. The fourth-order valence-electron chi connectivity index (χ4n) is 4.58. The second kappa shape index (κ2) is 9.79. The molecule has 0 aliphatic carbocycles. The first kappa shape index (κ1) is 23.4. The number of para-hydroxylation sites is 1. The van der Waals surface area contributed by atoms with Crippen molar-refractivity contribution in [2.24, 2.45) is 5.10 Å². The normalized spacial score (nSPS) is 14.3. The molecule has 4 aromatic carbocycles. The fraction of sp³-hybridized carbons (Fsp3) is 0.0606. The third-order valence-corrected chi connectivity index (χ3v) is 6.67. The Morgan fingerprint density at radius 1 is 0.658 bits per heavy atom. The molecule has 1 aliphatic heterocycles. The number of amides is 1. The van der Waals surface area contributed by atoms with E-state index in [4.69, 9.17) is 5.10 Å². The van der Waals surface area contributed by atoms with E-state index in [1.54, 1.807) is 0 Å². The molecule has 5 heteroatoms. The van der Waals surface area contributed by atoms with E-state index in [2.05, 4.69) is 41.5 Å². The van der Waals surface area contributed by atoms with Gasteiger partial charge in [0.05, 0.1) is 28.4 Å². The molecule has 1 amide bonds. The van der Waals surface area contributed by atoms with Crippen LogP contribution in [0.2, 0.25) is 0 Å².